The van der Waals surface area contributed by atoms with Crippen molar-refractivity contribution in [2.45, 2.75) is 118 Å². The fourth-order valence-corrected chi connectivity index (χ4v) is 4.16. The van der Waals surface area contributed by atoms with E-state index in [1.807, 2.05) is 34.6 Å². The number of nitrogens with zero attached hydrogens (tertiary/aromatic N) is 3. The summed E-state index contributed by atoms with van der Waals surface area (Å²) in [6, 6.07) is -0.228. The summed E-state index contributed by atoms with van der Waals surface area (Å²) in [5.74, 6) is 0.321. The zero-order valence-electron chi connectivity index (χ0n) is 25.5. The molecule has 0 aliphatic heterocycles. The van der Waals surface area contributed by atoms with E-state index in [9.17, 15) is 24.0 Å². The van der Waals surface area contributed by atoms with Gasteiger partial charge in [-0.05, 0) is 46.0 Å². The smallest absolute Gasteiger partial charge is 0.407 e. The minimum atomic E-state index is -0.673. The minimum absolute atomic E-state index is 0.0965. The molecule has 12 nitrogen and oxygen atoms in total. The predicted octanol–water partition coefficient (Wildman–Crippen LogP) is 3.42. The van der Waals surface area contributed by atoms with Crippen LogP contribution in [0.25, 0.3) is 0 Å². The first-order chi connectivity index (χ1) is 18.9. The van der Waals surface area contributed by atoms with Crippen LogP contribution in [0.15, 0.2) is 14.4 Å². The lowest BCUT2D eigenvalue weighted by atomic mass is 10.1. The monoisotopic (exact) mass is 568 g/mol. The van der Waals surface area contributed by atoms with Gasteiger partial charge in [0.25, 0.3) is 0 Å². The molecule has 0 unspecified atom stereocenters. The van der Waals surface area contributed by atoms with Crippen LogP contribution in [0.1, 0.15) is 99.3 Å². The van der Waals surface area contributed by atoms with Crippen molar-refractivity contribution >= 4 is 12.1 Å². The average molecular weight is 569 g/mol. The third kappa shape index (κ3) is 13.3. The average Bonchev–Trinajstić information content (AvgIpc) is 2.87. The second-order valence-corrected chi connectivity index (χ2v) is 11.6. The highest BCUT2D eigenvalue weighted by Crippen LogP contribution is 2.13. The van der Waals surface area contributed by atoms with Crippen molar-refractivity contribution < 1.29 is 14.3 Å². The Morgan fingerprint density at radius 1 is 0.875 bits per heavy atom. The largest absolute Gasteiger partial charge is 0.448 e. The van der Waals surface area contributed by atoms with Crippen molar-refractivity contribution in [1.82, 2.24) is 29.7 Å². The molecule has 0 radical (unpaired) electrons. The summed E-state index contributed by atoms with van der Waals surface area (Å²) in [4.78, 5) is 65.5. The molecule has 0 spiro atoms. The summed E-state index contributed by atoms with van der Waals surface area (Å²) in [5.41, 5.74) is -2.33. The Balaban J connectivity index is 2.44. The molecule has 230 valence electrons. The number of unbranched alkanes of at least 4 members (excludes halogenated alkanes) is 7. The standard InChI is InChI=1S/C28H52N6O6/c1-7-8-9-11-14-17-32-24(36)31-25(37)33(27(32)39)18-15-12-10-13-16-29-23(35)34(28(4,5)6)19-20-40-26(38)30-21-22(2)3/h22H,7-21H2,1-6H3,(H,29,35)(H,30,38)(H,31,36,37). The van der Waals surface area contributed by atoms with Crippen LogP contribution in [0, 0.1) is 5.92 Å². The molecule has 0 saturated heterocycles. The first kappa shape index (κ1) is 35.0. The maximum Gasteiger partial charge on any atom is 0.407 e. The number of carbonyl (C=O) groups excluding carboxylic acids is 2. The molecular weight excluding hydrogens is 516 g/mol. The first-order valence-corrected chi connectivity index (χ1v) is 14.8. The van der Waals surface area contributed by atoms with E-state index in [1.165, 1.54) is 0 Å². The molecule has 12 heteroatoms. The van der Waals surface area contributed by atoms with E-state index in [-0.39, 0.29) is 25.7 Å². The third-order valence-corrected chi connectivity index (χ3v) is 6.49. The van der Waals surface area contributed by atoms with Gasteiger partial charge in [0.2, 0.25) is 0 Å². The van der Waals surface area contributed by atoms with E-state index in [4.69, 9.17) is 4.74 Å². The molecule has 1 aromatic rings. The molecular formula is C28H52N6O6. The van der Waals surface area contributed by atoms with Crippen LogP contribution in [0.3, 0.4) is 0 Å². The van der Waals surface area contributed by atoms with Gasteiger partial charge < -0.3 is 20.3 Å². The van der Waals surface area contributed by atoms with Crippen molar-refractivity contribution in [3.63, 3.8) is 0 Å². The summed E-state index contributed by atoms with van der Waals surface area (Å²) in [6.07, 6.45) is 7.37. The summed E-state index contributed by atoms with van der Waals surface area (Å²) >= 11 is 0. The summed E-state index contributed by atoms with van der Waals surface area (Å²) in [6.45, 7) is 13.8. The fraction of sp³-hybridized carbons (Fsp3) is 0.821. The number of carbonyl (C=O) groups is 2. The van der Waals surface area contributed by atoms with Crippen LogP contribution in [0.2, 0.25) is 0 Å². The molecule has 3 N–H and O–H groups in total. The van der Waals surface area contributed by atoms with Crippen molar-refractivity contribution in [2.24, 2.45) is 5.92 Å². The van der Waals surface area contributed by atoms with Gasteiger partial charge in [0.05, 0.1) is 6.54 Å². The minimum Gasteiger partial charge on any atom is -0.448 e. The molecule has 3 amide bonds. The van der Waals surface area contributed by atoms with Gasteiger partial charge in [0, 0.05) is 31.7 Å². The van der Waals surface area contributed by atoms with E-state index < -0.39 is 28.7 Å². The molecule has 1 aromatic heterocycles. The lowest BCUT2D eigenvalue weighted by Gasteiger charge is -2.35. The van der Waals surface area contributed by atoms with Gasteiger partial charge in [-0.1, -0.05) is 59.3 Å². The lowest BCUT2D eigenvalue weighted by molar-refractivity contribution is 0.101. The molecule has 0 bridgehead atoms. The summed E-state index contributed by atoms with van der Waals surface area (Å²) in [5, 5.41) is 5.61. The highest BCUT2D eigenvalue weighted by atomic mass is 16.5. The Morgan fingerprint density at radius 2 is 1.43 bits per heavy atom. The number of hydrogen-bond donors (Lipinski definition) is 3. The molecule has 0 fully saturated rings. The van der Waals surface area contributed by atoms with Gasteiger partial charge in [0.1, 0.15) is 6.61 Å². The maximum atomic E-state index is 12.8. The summed E-state index contributed by atoms with van der Waals surface area (Å²) in [7, 11) is 0. The zero-order chi connectivity index (χ0) is 30.1. The highest BCUT2D eigenvalue weighted by molar-refractivity contribution is 5.75. The number of hydrogen-bond acceptors (Lipinski definition) is 6. The lowest BCUT2D eigenvalue weighted by Crippen LogP contribution is -2.52. The molecule has 0 aliphatic rings. The second kappa shape index (κ2) is 18.3. The topological polar surface area (TPSA) is 148 Å². The van der Waals surface area contributed by atoms with Crippen molar-refractivity contribution in [3.05, 3.63) is 31.5 Å². The van der Waals surface area contributed by atoms with Crippen LogP contribution in [0.5, 0.6) is 0 Å². The van der Waals surface area contributed by atoms with Crippen molar-refractivity contribution in [1.29, 1.82) is 0 Å². The SMILES string of the molecule is CCCCCCCn1c(=O)[nH]c(=O)n(CCCCCCNC(=O)N(CCOC(=O)NCC(C)C)C(C)(C)C)c1=O. The molecule has 0 aromatic carbocycles. The number of nitrogens with one attached hydrogen (secondary N) is 3. The highest BCUT2D eigenvalue weighted by Gasteiger charge is 2.26. The van der Waals surface area contributed by atoms with Crippen molar-refractivity contribution in [2.75, 3.05) is 26.2 Å². The molecule has 0 atom stereocenters. The second-order valence-electron chi connectivity index (χ2n) is 11.6. The Morgan fingerprint density at radius 3 is 1.95 bits per heavy atom. The Labute approximate surface area is 237 Å². The number of ether oxygens (including phenoxy) is 1. The van der Waals surface area contributed by atoms with Crippen LogP contribution < -0.4 is 27.7 Å². The van der Waals surface area contributed by atoms with Gasteiger partial charge >= 0.3 is 29.2 Å². The number of urea groups is 1. The van der Waals surface area contributed by atoms with Crippen LogP contribution in [-0.2, 0) is 17.8 Å². The van der Waals surface area contributed by atoms with Gasteiger partial charge in [-0.15, -0.1) is 0 Å². The zero-order valence-corrected chi connectivity index (χ0v) is 25.5. The molecule has 0 saturated carbocycles. The quantitative estimate of drug-likeness (QED) is 0.231. The van der Waals surface area contributed by atoms with Gasteiger partial charge in [-0.2, -0.15) is 0 Å². The molecule has 1 heterocycles. The van der Waals surface area contributed by atoms with E-state index in [2.05, 4.69) is 22.5 Å². The van der Waals surface area contributed by atoms with Crippen molar-refractivity contribution in [3.8, 4) is 0 Å². The van der Waals surface area contributed by atoms with Crippen LogP contribution in [0.4, 0.5) is 9.59 Å². The van der Waals surface area contributed by atoms with E-state index >= 15 is 0 Å². The first-order valence-electron chi connectivity index (χ1n) is 14.8. The number of aromatic nitrogens is 3. The number of H-pyrrole nitrogens is 1. The Kier molecular flexibility index (Phi) is 16.0. The molecule has 0 aliphatic carbocycles. The number of rotatable bonds is 18. The predicted molar refractivity (Wildman–Crippen MR) is 157 cm³/mol. The normalized spacial score (nSPS) is 11.5. The van der Waals surface area contributed by atoms with E-state index in [0.717, 1.165) is 60.5 Å². The number of aromatic amines is 1. The van der Waals surface area contributed by atoms with Gasteiger partial charge in [-0.3, -0.25) is 4.98 Å². The molecule has 40 heavy (non-hydrogen) atoms. The van der Waals surface area contributed by atoms with Crippen LogP contribution in [-0.4, -0.2) is 62.9 Å². The van der Waals surface area contributed by atoms with Crippen LogP contribution >= 0.6 is 0 Å². The van der Waals surface area contributed by atoms with Gasteiger partial charge in [-0.25, -0.2) is 33.1 Å². The number of alkyl carbamates (subject to hydrolysis) is 1. The molecule has 1 rings (SSSR count). The Bertz CT molecular complexity index is 1070. The van der Waals surface area contributed by atoms with Gasteiger partial charge in [0.15, 0.2) is 0 Å². The third-order valence-electron chi connectivity index (χ3n) is 6.49. The van der Waals surface area contributed by atoms with E-state index in [0.29, 0.717) is 32.0 Å². The Hall–Kier alpha value is -3.05. The maximum absolute atomic E-state index is 12.8. The number of amides is 3. The van der Waals surface area contributed by atoms with E-state index in [1.54, 1.807) is 4.90 Å². The fourth-order valence-electron chi connectivity index (χ4n) is 4.16. The summed E-state index contributed by atoms with van der Waals surface area (Å²) < 4.78 is 7.42.